The van der Waals surface area contributed by atoms with Gasteiger partial charge in [-0.2, -0.15) is 4.98 Å². The second kappa shape index (κ2) is 6.89. The Hall–Kier alpha value is -1.93. The number of carbonyl (C=O) groups excluding carboxylic acids is 1. The number of esters is 1. The summed E-state index contributed by atoms with van der Waals surface area (Å²) in [5.74, 6) is -1.89. The van der Waals surface area contributed by atoms with Crippen LogP contribution in [0.5, 0.6) is 0 Å². The molecule has 0 spiro atoms. The summed E-state index contributed by atoms with van der Waals surface area (Å²) in [6.45, 7) is 1.72. The minimum Gasteiger partial charge on any atom is -0.465 e. The highest BCUT2D eigenvalue weighted by molar-refractivity contribution is 7.91. The van der Waals surface area contributed by atoms with Crippen LogP contribution in [0.1, 0.15) is 12.8 Å². The Bertz CT molecular complexity index is 755. The standard InChI is InChI=1S/C13H13ClN2O5S/c1-2-20-12(17)8-22(18,19)7-11-15-13(16-21-11)9-3-5-10(14)6-4-9/h3-6H,2,7-8H2,1H3. The molecule has 1 aromatic carbocycles. The molecular weight excluding hydrogens is 332 g/mol. The van der Waals surface area contributed by atoms with Crippen molar-refractivity contribution in [2.45, 2.75) is 12.7 Å². The fraction of sp³-hybridized carbons (Fsp3) is 0.308. The maximum atomic E-state index is 11.8. The fourth-order valence-corrected chi connectivity index (χ4v) is 2.82. The minimum absolute atomic E-state index is 0.0887. The van der Waals surface area contributed by atoms with Crippen LogP contribution in [0.4, 0.5) is 0 Å². The largest absolute Gasteiger partial charge is 0.465 e. The number of sulfone groups is 1. The van der Waals surface area contributed by atoms with Gasteiger partial charge >= 0.3 is 5.97 Å². The number of hydrogen-bond acceptors (Lipinski definition) is 7. The molecule has 2 aromatic rings. The van der Waals surface area contributed by atoms with Crippen LogP contribution >= 0.6 is 11.6 Å². The van der Waals surface area contributed by atoms with E-state index in [0.717, 1.165) is 0 Å². The van der Waals surface area contributed by atoms with E-state index in [1.54, 1.807) is 31.2 Å². The van der Waals surface area contributed by atoms with Gasteiger partial charge in [-0.15, -0.1) is 0 Å². The van der Waals surface area contributed by atoms with Gasteiger partial charge in [0.2, 0.25) is 11.7 Å². The molecule has 0 unspecified atom stereocenters. The van der Waals surface area contributed by atoms with Gasteiger partial charge < -0.3 is 9.26 Å². The Balaban J connectivity index is 2.08. The van der Waals surface area contributed by atoms with Crippen molar-refractivity contribution in [3.05, 3.63) is 35.2 Å². The Morgan fingerprint density at radius 1 is 1.32 bits per heavy atom. The molecule has 1 heterocycles. The van der Waals surface area contributed by atoms with Gasteiger partial charge in [0.1, 0.15) is 11.5 Å². The lowest BCUT2D eigenvalue weighted by Gasteiger charge is -2.01. The summed E-state index contributed by atoms with van der Waals surface area (Å²) in [5, 5.41) is 4.27. The highest BCUT2D eigenvalue weighted by Gasteiger charge is 2.22. The lowest BCUT2D eigenvalue weighted by Crippen LogP contribution is -2.20. The van der Waals surface area contributed by atoms with Crippen LogP contribution in [0.25, 0.3) is 11.4 Å². The molecule has 0 aliphatic carbocycles. The second-order valence-electron chi connectivity index (χ2n) is 4.36. The van der Waals surface area contributed by atoms with Crippen molar-refractivity contribution in [2.24, 2.45) is 0 Å². The van der Waals surface area contributed by atoms with Crippen LogP contribution in [0, 0.1) is 0 Å². The summed E-state index contributed by atoms with van der Waals surface area (Å²) >= 11 is 5.78. The number of benzene rings is 1. The summed E-state index contributed by atoms with van der Waals surface area (Å²) in [4.78, 5) is 15.2. The van der Waals surface area contributed by atoms with Gasteiger partial charge in [-0.05, 0) is 31.2 Å². The maximum absolute atomic E-state index is 11.8. The highest BCUT2D eigenvalue weighted by Crippen LogP contribution is 2.19. The highest BCUT2D eigenvalue weighted by atomic mass is 35.5. The quantitative estimate of drug-likeness (QED) is 0.737. The van der Waals surface area contributed by atoms with Gasteiger partial charge in [-0.25, -0.2) is 8.42 Å². The number of hydrogen-bond donors (Lipinski definition) is 0. The maximum Gasteiger partial charge on any atom is 0.321 e. The smallest absolute Gasteiger partial charge is 0.321 e. The lowest BCUT2D eigenvalue weighted by atomic mass is 10.2. The van der Waals surface area contributed by atoms with Crippen molar-refractivity contribution in [1.29, 1.82) is 0 Å². The molecule has 22 heavy (non-hydrogen) atoms. The van der Waals surface area contributed by atoms with Crippen LogP contribution in [-0.4, -0.2) is 36.9 Å². The van der Waals surface area contributed by atoms with E-state index < -0.39 is 27.3 Å². The van der Waals surface area contributed by atoms with Crippen molar-refractivity contribution in [1.82, 2.24) is 10.1 Å². The number of rotatable bonds is 6. The van der Waals surface area contributed by atoms with E-state index in [1.807, 2.05) is 0 Å². The van der Waals surface area contributed by atoms with Crippen molar-refractivity contribution in [2.75, 3.05) is 12.4 Å². The van der Waals surface area contributed by atoms with E-state index in [4.69, 9.17) is 16.1 Å². The zero-order chi connectivity index (χ0) is 16.2. The van der Waals surface area contributed by atoms with E-state index >= 15 is 0 Å². The number of carbonyl (C=O) groups is 1. The molecule has 0 saturated heterocycles. The van der Waals surface area contributed by atoms with E-state index in [0.29, 0.717) is 10.6 Å². The van der Waals surface area contributed by atoms with Crippen LogP contribution < -0.4 is 0 Å². The molecule has 7 nitrogen and oxygen atoms in total. The molecule has 0 atom stereocenters. The molecule has 118 valence electrons. The van der Waals surface area contributed by atoms with Crippen LogP contribution in [-0.2, 0) is 25.1 Å². The summed E-state index contributed by atoms with van der Waals surface area (Å²) < 4.78 is 33.2. The third kappa shape index (κ3) is 4.54. The van der Waals surface area contributed by atoms with Crippen LogP contribution in [0.15, 0.2) is 28.8 Å². The van der Waals surface area contributed by atoms with Gasteiger partial charge in [0.25, 0.3) is 0 Å². The molecule has 0 N–H and O–H groups in total. The number of aromatic nitrogens is 2. The number of nitrogens with zero attached hydrogens (tertiary/aromatic N) is 2. The first-order valence-corrected chi connectivity index (χ1v) is 8.54. The molecule has 0 saturated carbocycles. The third-order valence-electron chi connectivity index (χ3n) is 2.56. The van der Waals surface area contributed by atoms with Gasteiger partial charge in [0, 0.05) is 10.6 Å². The van der Waals surface area contributed by atoms with Gasteiger partial charge in [-0.1, -0.05) is 16.8 Å². The van der Waals surface area contributed by atoms with Crippen LogP contribution in [0.2, 0.25) is 5.02 Å². The molecular formula is C13H13ClN2O5S. The molecule has 0 bridgehead atoms. The Kier molecular flexibility index (Phi) is 5.15. The first kappa shape index (κ1) is 16.4. The van der Waals surface area contributed by atoms with E-state index in [1.165, 1.54) is 0 Å². The van der Waals surface area contributed by atoms with Crippen LogP contribution in [0.3, 0.4) is 0 Å². The van der Waals surface area contributed by atoms with E-state index in [9.17, 15) is 13.2 Å². The zero-order valence-electron chi connectivity index (χ0n) is 11.7. The average molecular weight is 345 g/mol. The van der Waals surface area contributed by atoms with E-state index in [2.05, 4.69) is 14.9 Å². The summed E-state index contributed by atoms with van der Waals surface area (Å²) in [6.07, 6.45) is 0. The number of ether oxygens (including phenoxy) is 1. The van der Waals surface area contributed by atoms with Crippen molar-refractivity contribution < 1.29 is 22.5 Å². The normalized spacial score (nSPS) is 11.4. The van der Waals surface area contributed by atoms with Gasteiger partial charge in [-0.3, -0.25) is 4.79 Å². The minimum atomic E-state index is -3.72. The SMILES string of the molecule is CCOC(=O)CS(=O)(=O)Cc1nc(-c2ccc(Cl)cc2)no1. The number of halogens is 1. The first-order valence-electron chi connectivity index (χ1n) is 6.34. The van der Waals surface area contributed by atoms with Gasteiger partial charge in [0.05, 0.1) is 6.61 Å². The Morgan fingerprint density at radius 3 is 2.64 bits per heavy atom. The molecule has 9 heteroatoms. The predicted molar refractivity (Wildman–Crippen MR) is 78.9 cm³/mol. The first-order chi connectivity index (χ1) is 10.4. The molecule has 0 amide bonds. The van der Waals surface area contributed by atoms with Crippen molar-refractivity contribution in [3.8, 4) is 11.4 Å². The van der Waals surface area contributed by atoms with Gasteiger partial charge in [0.15, 0.2) is 9.84 Å². The fourth-order valence-electron chi connectivity index (χ4n) is 1.65. The molecule has 0 radical (unpaired) electrons. The summed E-state index contributed by atoms with van der Waals surface area (Å²) in [6, 6.07) is 6.68. The predicted octanol–water partition coefficient (Wildman–Crippen LogP) is 1.87. The molecule has 0 fully saturated rings. The molecule has 0 aliphatic rings. The molecule has 2 rings (SSSR count). The third-order valence-corrected chi connectivity index (χ3v) is 4.17. The molecule has 1 aromatic heterocycles. The second-order valence-corrected chi connectivity index (χ2v) is 6.86. The Labute approximate surface area is 132 Å². The van der Waals surface area contributed by atoms with Crippen molar-refractivity contribution >= 4 is 27.4 Å². The summed E-state index contributed by atoms with van der Waals surface area (Å²) in [7, 11) is -3.72. The Morgan fingerprint density at radius 2 is 2.00 bits per heavy atom. The molecule has 0 aliphatic heterocycles. The van der Waals surface area contributed by atoms with E-state index in [-0.39, 0.29) is 18.3 Å². The topological polar surface area (TPSA) is 99.4 Å². The monoisotopic (exact) mass is 344 g/mol. The lowest BCUT2D eigenvalue weighted by molar-refractivity contribution is -0.139. The average Bonchev–Trinajstić information content (AvgIpc) is 2.86. The summed E-state index contributed by atoms with van der Waals surface area (Å²) in [5.41, 5.74) is 0.641. The zero-order valence-corrected chi connectivity index (χ0v) is 13.2. The van der Waals surface area contributed by atoms with Crippen molar-refractivity contribution in [3.63, 3.8) is 0 Å².